The summed E-state index contributed by atoms with van der Waals surface area (Å²) in [6, 6.07) is 9.50. The zero-order chi connectivity index (χ0) is 13.2. The van der Waals surface area contributed by atoms with E-state index in [1.165, 1.54) is 0 Å². The Hall–Kier alpha value is -0.910. The van der Waals surface area contributed by atoms with Crippen LogP contribution in [0.2, 0.25) is 5.02 Å². The van der Waals surface area contributed by atoms with Gasteiger partial charge in [-0.2, -0.15) is 0 Å². The maximum absolute atomic E-state index is 6.26. The highest BCUT2D eigenvalue weighted by molar-refractivity contribution is 7.10. The molecule has 0 bridgehead atoms. The van der Waals surface area contributed by atoms with E-state index in [0.717, 1.165) is 16.0 Å². The number of halogens is 1. The summed E-state index contributed by atoms with van der Waals surface area (Å²) in [5.41, 5.74) is 8.33. The third-order valence-electron chi connectivity index (χ3n) is 3.06. The normalized spacial score (nSPS) is 17.8. The van der Waals surface area contributed by atoms with Gasteiger partial charge in [-0.25, -0.2) is 0 Å². The predicted molar refractivity (Wildman–Crippen MR) is 76.4 cm³/mol. The van der Waals surface area contributed by atoms with Gasteiger partial charge >= 0.3 is 0 Å². The summed E-state index contributed by atoms with van der Waals surface area (Å²) in [4.78, 5) is 1.06. The highest BCUT2D eigenvalue weighted by Crippen LogP contribution is 2.32. The summed E-state index contributed by atoms with van der Waals surface area (Å²) in [6.07, 6.45) is -0.231. The quantitative estimate of drug-likeness (QED) is 0.942. The molecule has 1 saturated heterocycles. The van der Waals surface area contributed by atoms with Crippen molar-refractivity contribution in [2.75, 3.05) is 13.2 Å². The Morgan fingerprint density at radius 3 is 2.74 bits per heavy atom. The third kappa shape index (κ3) is 2.83. The summed E-state index contributed by atoms with van der Waals surface area (Å²) >= 11 is 7.60. The van der Waals surface area contributed by atoms with E-state index >= 15 is 0 Å². The van der Waals surface area contributed by atoms with Crippen LogP contribution in [0.25, 0.3) is 0 Å². The van der Waals surface area contributed by atoms with Gasteiger partial charge in [-0.3, -0.25) is 0 Å². The van der Waals surface area contributed by atoms with Crippen molar-refractivity contribution >= 4 is 22.9 Å². The fourth-order valence-electron chi connectivity index (χ4n) is 2.07. The molecule has 2 N–H and O–H groups in total. The molecule has 1 atom stereocenters. The van der Waals surface area contributed by atoms with E-state index in [1.54, 1.807) is 11.3 Å². The van der Waals surface area contributed by atoms with Gasteiger partial charge in [0.1, 0.15) is 0 Å². The van der Waals surface area contributed by atoms with Crippen molar-refractivity contribution in [1.82, 2.24) is 0 Å². The monoisotopic (exact) mass is 295 g/mol. The van der Waals surface area contributed by atoms with E-state index in [2.05, 4.69) is 0 Å². The Kier molecular flexibility index (Phi) is 3.86. The maximum atomic E-state index is 6.26. The van der Waals surface area contributed by atoms with Crippen LogP contribution < -0.4 is 5.73 Å². The molecule has 0 amide bonds. The van der Waals surface area contributed by atoms with Gasteiger partial charge in [0.15, 0.2) is 6.29 Å². The Labute approximate surface area is 120 Å². The topological polar surface area (TPSA) is 44.5 Å². The molecule has 1 aromatic heterocycles. The molecule has 100 valence electrons. The molecule has 0 spiro atoms. The van der Waals surface area contributed by atoms with Gasteiger partial charge in [0, 0.05) is 5.02 Å². The number of hydrogen-bond acceptors (Lipinski definition) is 4. The van der Waals surface area contributed by atoms with Crippen molar-refractivity contribution in [2.24, 2.45) is 5.73 Å². The molecule has 0 aliphatic carbocycles. The number of benzene rings is 1. The van der Waals surface area contributed by atoms with Gasteiger partial charge in [-0.05, 0) is 34.7 Å². The lowest BCUT2D eigenvalue weighted by Crippen LogP contribution is -2.10. The summed E-state index contributed by atoms with van der Waals surface area (Å²) in [6.45, 7) is 1.30. The van der Waals surface area contributed by atoms with Gasteiger partial charge in [0.25, 0.3) is 0 Å². The van der Waals surface area contributed by atoms with Crippen LogP contribution in [0, 0.1) is 0 Å². The second-order valence-corrected chi connectivity index (χ2v) is 5.77. The van der Waals surface area contributed by atoms with Crippen molar-refractivity contribution in [2.45, 2.75) is 12.3 Å². The second-order valence-electron chi connectivity index (χ2n) is 4.39. The smallest absolute Gasteiger partial charge is 0.193 e. The van der Waals surface area contributed by atoms with Gasteiger partial charge in [-0.1, -0.05) is 23.7 Å². The minimum absolute atomic E-state index is 0.176. The summed E-state index contributed by atoms with van der Waals surface area (Å²) in [7, 11) is 0. The van der Waals surface area contributed by atoms with Crippen LogP contribution in [0.5, 0.6) is 0 Å². The second kappa shape index (κ2) is 5.61. The molecule has 3 nitrogen and oxygen atoms in total. The van der Waals surface area contributed by atoms with E-state index in [9.17, 15) is 0 Å². The molecule has 19 heavy (non-hydrogen) atoms. The van der Waals surface area contributed by atoms with Gasteiger partial charge in [-0.15, -0.1) is 11.3 Å². The van der Waals surface area contributed by atoms with Crippen LogP contribution in [-0.2, 0) is 9.47 Å². The molecule has 0 radical (unpaired) electrons. The van der Waals surface area contributed by atoms with E-state index in [0.29, 0.717) is 18.2 Å². The fraction of sp³-hybridized carbons (Fsp3) is 0.286. The van der Waals surface area contributed by atoms with Crippen molar-refractivity contribution < 1.29 is 9.47 Å². The van der Waals surface area contributed by atoms with E-state index in [4.69, 9.17) is 26.8 Å². The molecule has 2 aromatic rings. The molecular weight excluding hydrogens is 282 g/mol. The first-order valence-electron chi connectivity index (χ1n) is 6.06. The molecule has 1 aliphatic rings. The molecule has 3 rings (SSSR count). The average molecular weight is 296 g/mol. The molecule has 1 aliphatic heterocycles. The lowest BCUT2D eigenvalue weighted by molar-refractivity contribution is -0.0413. The Balaban J connectivity index is 1.82. The molecule has 5 heteroatoms. The lowest BCUT2D eigenvalue weighted by Gasteiger charge is -2.11. The van der Waals surface area contributed by atoms with Gasteiger partial charge in [0.05, 0.1) is 24.1 Å². The SMILES string of the molecule is NC(c1cccc(Cl)c1)c1csc(C2OCCO2)c1. The lowest BCUT2D eigenvalue weighted by atomic mass is 10.0. The zero-order valence-corrected chi connectivity index (χ0v) is 11.8. The standard InChI is InChI=1S/C14H14ClNO2S/c15-11-3-1-2-9(6-11)13(16)10-7-12(19-8-10)14-17-4-5-18-14/h1-3,6-8,13-14H,4-5,16H2. The predicted octanol–water partition coefficient (Wildman–Crippen LogP) is 3.50. The fourth-order valence-corrected chi connectivity index (χ4v) is 3.21. The number of hydrogen-bond donors (Lipinski definition) is 1. The highest BCUT2D eigenvalue weighted by atomic mass is 35.5. The highest BCUT2D eigenvalue weighted by Gasteiger charge is 2.21. The van der Waals surface area contributed by atoms with Crippen molar-refractivity contribution in [1.29, 1.82) is 0 Å². The van der Waals surface area contributed by atoms with Crippen LogP contribution in [-0.4, -0.2) is 13.2 Å². The van der Waals surface area contributed by atoms with Crippen LogP contribution in [0.3, 0.4) is 0 Å². The number of ether oxygens (including phenoxy) is 2. The van der Waals surface area contributed by atoms with Gasteiger partial charge in [0.2, 0.25) is 0 Å². The maximum Gasteiger partial charge on any atom is 0.193 e. The molecule has 1 aromatic carbocycles. The summed E-state index contributed by atoms with van der Waals surface area (Å²) < 4.78 is 11.0. The Morgan fingerprint density at radius 1 is 1.21 bits per heavy atom. The minimum Gasteiger partial charge on any atom is -0.345 e. The minimum atomic E-state index is -0.231. The van der Waals surface area contributed by atoms with E-state index < -0.39 is 0 Å². The first-order valence-corrected chi connectivity index (χ1v) is 7.32. The zero-order valence-electron chi connectivity index (χ0n) is 10.2. The first-order chi connectivity index (χ1) is 9.24. The van der Waals surface area contributed by atoms with E-state index in [-0.39, 0.29) is 12.3 Å². The molecule has 1 unspecified atom stereocenters. The van der Waals surface area contributed by atoms with Crippen molar-refractivity contribution in [3.8, 4) is 0 Å². The molecule has 1 fully saturated rings. The Bertz CT molecular complexity index is 566. The summed E-state index contributed by atoms with van der Waals surface area (Å²) in [5.74, 6) is 0. The number of rotatable bonds is 3. The van der Waals surface area contributed by atoms with Crippen LogP contribution in [0.1, 0.15) is 28.3 Å². The number of nitrogens with two attached hydrogens (primary N) is 1. The van der Waals surface area contributed by atoms with Crippen LogP contribution >= 0.6 is 22.9 Å². The third-order valence-corrected chi connectivity index (χ3v) is 4.27. The molecule has 0 saturated carbocycles. The van der Waals surface area contributed by atoms with Crippen molar-refractivity contribution in [3.63, 3.8) is 0 Å². The average Bonchev–Trinajstić information content (AvgIpc) is 3.08. The van der Waals surface area contributed by atoms with E-state index in [1.807, 2.05) is 35.7 Å². The van der Waals surface area contributed by atoms with Crippen LogP contribution in [0.4, 0.5) is 0 Å². The first kappa shape index (κ1) is 13.1. The molecular formula is C14H14ClNO2S. The summed E-state index contributed by atoms with van der Waals surface area (Å²) in [5, 5.41) is 2.75. The van der Waals surface area contributed by atoms with Gasteiger partial charge < -0.3 is 15.2 Å². The van der Waals surface area contributed by atoms with Crippen LogP contribution in [0.15, 0.2) is 35.7 Å². The largest absolute Gasteiger partial charge is 0.345 e. The van der Waals surface area contributed by atoms with Crippen molar-refractivity contribution in [3.05, 3.63) is 56.7 Å². The molecule has 2 heterocycles. The number of thiophene rings is 1. The Morgan fingerprint density at radius 2 is 2.00 bits per heavy atom.